The van der Waals surface area contributed by atoms with Crippen LogP contribution in [0, 0.1) is 0 Å². The molecule has 0 unspecified atom stereocenters. The molecule has 14 heteroatoms. The Morgan fingerprint density at radius 1 is 0.636 bits per heavy atom. The van der Waals surface area contributed by atoms with Crippen molar-refractivity contribution in [2.75, 3.05) is 24.7 Å². The molecule has 4 rings (SSSR count). The van der Waals surface area contributed by atoms with E-state index < -0.39 is 0 Å². The quantitative estimate of drug-likeness (QED) is 0.0580. The zero-order chi connectivity index (χ0) is 31.3. The number of rotatable bonds is 17. The second-order valence-corrected chi connectivity index (χ2v) is 14.5. The Morgan fingerprint density at radius 2 is 1.07 bits per heavy atom. The van der Waals surface area contributed by atoms with Gasteiger partial charge in [0.25, 0.3) is 0 Å². The normalized spacial score (nSPS) is 10.7. The highest BCUT2D eigenvalue weighted by Crippen LogP contribution is 2.37. The molecule has 0 aliphatic carbocycles. The third-order valence-electron chi connectivity index (χ3n) is 5.98. The van der Waals surface area contributed by atoms with Crippen molar-refractivity contribution in [3.8, 4) is 34.6 Å². The predicted molar refractivity (Wildman–Crippen MR) is 194 cm³/mol. The molecule has 0 saturated carbocycles. The zero-order valence-corrected chi connectivity index (χ0v) is 30.3. The maximum Gasteiger partial charge on any atom is 0.227 e. The topological polar surface area (TPSA) is 96.8 Å². The van der Waals surface area contributed by atoms with E-state index in [9.17, 15) is 9.59 Å². The van der Waals surface area contributed by atoms with E-state index in [0.717, 1.165) is 33.8 Å². The van der Waals surface area contributed by atoms with Crippen LogP contribution in [0.15, 0.2) is 60.7 Å². The summed E-state index contributed by atoms with van der Waals surface area (Å²) in [6, 6.07) is 17.7. The van der Waals surface area contributed by atoms with Gasteiger partial charge in [-0.15, -0.1) is 0 Å². The van der Waals surface area contributed by atoms with Crippen LogP contribution < -0.4 is 18.9 Å². The molecule has 0 N–H and O–H groups in total. The van der Waals surface area contributed by atoms with Crippen LogP contribution in [0.3, 0.4) is 0 Å². The van der Waals surface area contributed by atoms with Crippen molar-refractivity contribution < 1.29 is 28.5 Å². The van der Waals surface area contributed by atoms with Crippen LogP contribution in [0.5, 0.6) is 23.5 Å². The van der Waals surface area contributed by atoms with E-state index in [4.69, 9.17) is 42.1 Å². The van der Waals surface area contributed by atoms with Crippen LogP contribution in [0.25, 0.3) is 11.1 Å². The molecule has 0 atom stereocenters. The van der Waals surface area contributed by atoms with E-state index >= 15 is 0 Å². The first-order chi connectivity index (χ1) is 21.5. The summed E-state index contributed by atoms with van der Waals surface area (Å²) in [7, 11) is 3.21. The fourth-order valence-electron chi connectivity index (χ4n) is 3.88. The van der Waals surface area contributed by atoms with Crippen molar-refractivity contribution in [3.05, 3.63) is 93.0 Å². The van der Waals surface area contributed by atoms with Crippen molar-refractivity contribution in [1.29, 1.82) is 0 Å². The predicted octanol–water partition coefficient (Wildman–Crippen LogP) is 9.16. The Bertz CT molecular complexity index is 1480. The molecule has 0 aliphatic rings. The molecule has 2 heterocycles. The minimum absolute atomic E-state index is 0.132. The van der Waals surface area contributed by atoms with Gasteiger partial charge in [-0.3, -0.25) is 9.59 Å². The molecule has 8 nitrogen and oxygen atoms in total. The lowest BCUT2D eigenvalue weighted by atomic mass is 10.0. The van der Waals surface area contributed by atoms with E-state index in [1.54, 1.807) is 42.1 Å². The number of benzene rings is 2. The summed E-state index contributed by atoms with van der Waals surface area (Å²) in [5.41, 5.74) is 3.59. The number of carbonyl (C=O) groups excluding carboxylic acids is 2. The van der Waals surface area contributed by atoms with Crippen LogP contribution in [0.1, 0.15) is 31.8 Å². The summed E-state index contributed by atoms with van der Waals surface area (Å²) < 4.78 is 23.1. The molecule has 0 fully saturated rings. The highest BCUT2D eigenvalue weighted by molar-refractivity contribution is 14.2. The largest absolute Gasteiger partial charge is 0.476 e. The van der Waals surface area contributed by atoms with Gasteiger partial charge in [-0.25, -0.2) is 0 Å². The summed E-state index contributed by atoms with van der Waals surface area (Å²) in [6.45, 7) is 1.10. The lowest BCUT2D eigenvalue weighted by molar-refractivity contribution is 0.111. The second-order valence-electron chi connectivity index (χ2n) is 8.78. The zero-order valence-electron chi connectivity index (χ0n) is 22.8. The fraction of sp³-hybridized carbons (Fsp3) is 0.200. The van der Waals surface area contributed by atoms with E-state index in [1.807, 2.05) is 36.4 Å². The Morgan fingerprint density at radius 3 is 1.45 bits per heavy atom. The first kappa shape index (κ1) is 34.9. The van der Waals surface area contributed by atoms with E-state index in [1.165, 1.54) is 0 Å². The molecule has 0 amide bonds. The van der Waals surface area contributed by atoms with Crippen LogP contribution in [0.4, 0.5) is 0 Å². The Balaban J connectivity index is 1.48. The van der Waals surface area contributed by atoms with E-state index in [-0.39, 0.29) is 25.0 Å². The van der Waals surface area contributed by atoms with Crippen molar-refractivity contribution in [1.82, 2.24) is 9.97 Å². The van der Waals surface area contributed by atoms with Gasteiger partial charge in [0.05, 0.1) is 34.4 Å². The van der Waals surface area contributed by atoms with Crippen molar-refractivity contribution in [3.63, 3.8) is 0 Å². The van der Waals surface area contributed by atoms with Gasteiger partial charge in [-0.1, -0.05) is 77.5 Å². The summed E-state index contributed by atoms with van der Waals surface area (Å²) >= 11 is 18.1. The number of halogens is 4. The molecule has 0 aliphatic heterocycles. The molecule has 2 aromatic carbocycles. The Labute approximate surface area is 297 Å². The average molecular weight is 897 g/mol. The third kappa shape index (κ3) is 9.52. The molecular weight excluding hydrogens is 873 g/mol. The summed E-state index contributed by atoms with van der Waals surface area (Å²) in [4.78, 5) is 31.5. The van der Waals surface area contributed by atoms with Gasteiger partial charge in [0.1, 0.15) is 13.2 Å². The van der Waals surface area contributed by atoms with Gasteiger partial charge in [-0.05, 0) is 54.5 Å². The Hall–Kier alpha value is -1.98. The molecule has 0 bridgehead atoms. The van der Waals surface area contributed by atoms with Crippen LogP contribution in [0.2, 0.25) is 10.0 Å². The maximum atomic E-state index is 11.4. The molecule has 2 aromatic heterocycles. The second kappa shape index (κ2) is 18.2. The summed E-state index contributed by atoms with van der Waals surface area (Å²) in [6.07, 6.45) is 1.40. The number of nitrogens with zero attached hydrogens (tertiary/aromatic N) is 2. The fourth-order valence-corrected chi connectivity index (χ4v) is 5.82. The minimum Gasteiger partial charge on any atom is -0.476 e. The van der Waals surface area contributed by atoms with Crippen molar-refractivity contribution in [2.45, 2.75) is 13.2 Å². The molecule has 0 radical (unpaired) electrons. The number of carbonyl (C=O) groups is 2. The molecule has 230 valence electrons. The monoisotopic (exact) mass is 896 g/mol. The van der Waals surface area contributed by atoms with Gasteiger partial charge in [0.15, 0.2) is 12.6 Å². The number of hydrogen-bond acceptors (Lipinski definition) is 10. The molecular formula is C30H24Cl2I2N2O6S2. The standard InChI is InChI=1S/C30H24Cl2I2N2O6S2/c31-27-21(17-41-25-9-7-19(15-37)29(35-25)39-11-13-43-33)3-1-5-23(27)24-6-2-4-22(28(24)32)18-42-26-10-8-20(16-38)30(36-26)40-12-14-44-34/h1-10,15-16H,11-14,17-18H2. The van der Waals surface area contributed by atoms with Gasteiger partial charge < -0.3 is 18.9 Å². The van der Waals surface area contributed by atoms with Crippen molar-refractivity contribution >= 4 is 96.1 Å². The average Bonchev–Trinajstić information content (AvgIpc) is 3.04. The van der Waals surface area contributed by atoms with Gasteiger partial charge in [-0.2, -0.15) is 9.97 Å². The first-order valence-electron chi connectivity index (χ1n) is 12.9. The Kier molecular flexibility index (Phi) is 14.5. The van der Waals surface area contributed by atoms with E-state index in [0.29, 0.717) is 58.7 Å². The van der Waals surface area contributed by atoms with Crippen LogP contribution in [-0.2, 0) is 13.2 Å². The highest BCUT2D eigenvalue weighted by Gasteiger charge is 2.16. The SMILES string of the molecule is O=Cc1ccc(OCc2cccc(-c3cccc(COc4ccc(C=O)c(OCCSI)n4)c3Cl)c2Cl)nc1OCCSI. The van der Waals surface area contributed by atoms with Gasteiger partial charge in [0, 0.05) is 45.9 Å². The molecule has 4 aromatic rings. The number of hydrogen-bond donors (Lipinski definition) is 0. The molecule has 0 saturated heterocycles. The first-order valence-corrected chi connectivity index (χ1v) is 20.8. The van der Waals surface area contributed by atoms with Crippen molar-refractivity contribution in [2.24, 2.45) is 0 Å². The third-order valence-corrected chi connectivity index (χ3v) is 10.2. The minimum atomic E-state index is 0.132. The molecule has 44 heavy (non-hydrogen) atoms. The lowest BCUT2D eigenvalue weighted by Gasteiger charge is -2.15. The van der Waals surface area contributed by atoms with E-state index in [2.05, 4.69) is 52.4 Å². The van der Waals surface area contributed by atoms with Gasteiger partial charge in [0.2, 0.25) is 23.5 Å². The number of aromatic nitrogens is 2. The lowest BCUT2D eigenvalue weighted by Crippen LogP contribution is -2.06. The van der Waals surface area contributed by atoms with Crippen LogP contribution >= 0.6 is 83.5 Å². The summed E-state index contributed by atoms with van der Waals surface area (Å²) in [5.74, 6) is 2.56. The summed E-state index contributed by atoms with van der Waals surface area (Å²) in [5, 5.41) is 0.954. The molecule has 0 spiro atoms. The smallest absolute Gasteiger partial charge is 0.227 e. The highest BCUT2D eigenvalue weighted by atomic mass is 127. The van der Waals surface area contributed by atoms with Crippen LogP contribution in [-0.4, -0.2) is 47.3 Å². The number of ether oxygens (including phenoxy) is 4. The maximum absolute atomic E-state index is 11.4. The van der Waals surface area contributed by atoms with Gasteiger partial charge >= 0.3 is 0 Å². The number of aldehydes is 2. The number of pyridine rings is 2.